The zero-order valence-corrected chi connectivity index (χ0v) is 6.03. The molecule has 0 aliphatic heterocycles. The number of non-ortho nitro benzene ring substituents is 1. The Bertz CT molecular complexity index is 212. The maximum Gasteiger partial charge on any atom is 0.166 e. The summed E-state index contributed by atoms with van der Waals surface area (Å²) in [5, 5.41) is 9.99. The monoisotopic (exact) mass is 178 g/mol. The summed E-state index contributed by atoms with van der Waals surface area (Å²) in [7, 11) is 0. The van der Waals surface area contributed by atoms with Crippen molar-refractivity contribution < 1.29 is 22.0 Å². The van der Waals surface area contributed by atoms with Crippen LogP contribution in [0, 0.1) is 16.2 Å². The Kier molecular flexibility index (Phi) is 3.69. The number of hydrogen-bond acceptors (Lipinski definition) is 2. The minimum absolute atomic E-state index is 0. The average Bonchev–Trinajstić information content (AvgIpc) is 1.90. The predicted molar refractivity (Wildman–Crippen MR) is 31.9 cm³/mol. The first kappa shape index (κ1) is 9.14. The standard InChI is InChI=1S/C6H4NO2.Fe/c8-7(9)6-4-2-1-3-5-6;/h2-5H;/q-1;. The zero-order valence-electron chi connectivity index (χ0n) is 4.93. The van der Waals surface area contributed by atoms with Crippen molar-refractivity contribution >= 4 is 5.69 Å². The van der Waals surface area contributed by atoms with Crippen molar-refractivity contribution in [2.24, 2.45) is 0 Å². The van der Waals surface area contributed by atoms with E-state index < -0.39 is 4.92 Å². The van der Waals surface area contributed by atoms with Crippen LogP contribution in [0.2, 0.25) is 0 Å². The molecule has 0 saturated carbocycles. The molecular weight excluding hydrogens is 174 g/mol. The van der Waals surface area contributed by atoms with Gasteiger partial charge in [0, 0.05) is 22.0 Å². The molecule has 0 aliphatic rings. The second kappa shape index (κ2) is 4.04. The number of nitro benzene ring substituents is 1. The first-order valence-electron chi connectivity index (χ1n) is 2.41. The SMILES string of the molecule is O=[N+]([O-])c1cc[c-]cc1.[Fe]. The fourth-order valence-electron chi connectivity index (χ4n) is 0.500. The van der Waals surface area contributed by atoms with E-state index in [2.05, 4.69) is 6.07 Å². The molecule has 4 heteroatoms. The van der Waals surface area contributed by atoms with Gasteiger partial charge in [0.1, 0.15) is 0 Å². The van der Waals surface area contributed by atoms with E-state index in [9.17, 15) is 10.1 Å². The Labute approximate surface area is 68.7 Å². The summed E-state index contributed by atoms with van der Waals surface area (Å²) in [6, 6.07) is 8.51. The van der Waals surface area contributed by atoms with Gasteiger partial charge in [-0.05, 0) is 0 Å². The minimum atomic E-state index is -0.437. The molecule has 0 atom stereocenters. The maximum atomic E-state index is 9.99. The normalized spacial score (nSPS) is 8.00. The van der Waals surface area contributed by atoms with Crippen molar-refractivity contribution in [1.82, 2.24) is 0 Å². The van der Waals surface area contributed by atoms with Crippen LogP contribution >= 0.6 is 0 Å². The molecule has 10 heavy (non-hydrogen) atoms. The van der Waals surface area contributed by atoms with Crippen molar-refractivity contribution in [3.63, 3.8) is 0 Å². The Morgan fingerprint density at radius 1 is 1.40 bits per heavy atom. The second-order valence-electron chi connectivity index (χ2n) is 1.52. The summed E-state index contributed by atoms with van der Waals surface area (Å²) >= 11 is 0. The topological polar surface area (TPSA) is 43.1 Å². The summed E-state index contributed by atoms with van der Waals surface area (Å²) < 4.78 is 0. The minimum Gasteiger partial charge on any atom is -0.260 e. The molecule has 0 N–H and O–H groups in total. The van der Waals surface area contributed by atoms with Crippen LogP contribution in [0.25, 0.3) is 0 Å². The first-order valence-corrected chi connectivity index (χ1v) is 2.41. The van der Waals surface area contributed by atoms with E-state index >= 15 is 0 Å². The van der Waals surface area contributed by atoms with Gasteiger partial charge in [-0.15, -0.1) is 0 Å². The third kappa shape index (κ3) is 2.17. The van der Waals surface area contributed by atoms with Crippen LogP contribution in [0.4, 0.5) is 5.69 Å². The van der Waals surface area contributed by atoms with Crippen LogP contribution in [-0.2, 0) is 17.1 Å². The van der Waals surface area contributed by atoms with Crippen LogP contribution in [0.1, 0.15) is 0 Å². The van der Waals surface area contributed by atoms with Gasteiger partial charge in [-0.2, -0.15) is 18.2 Å². The molecule has 0 saturated heterocycles. The molecule has 0 amide bonds. The molecule has 54 valence electrons. The molecule has 0 aliphatic carbocycles. The smallest absolute Gasteiger partial charge is 0.166 e. The molecule has 0 spiro atoms. The third-order valence-corrected chi connectivity index (χ3v) is 0.911. The molecule has 0 fully saturated rings. The second-order valence-corrected chi connectivity index (χ2v) is 1.52. The molecule has 1 aromatic rings. The van der Waals surface area contributed by atoms with Crippen LogP contribution in [0.5, 0.6) is 0 Å². The molecule has 3 nitrogen and oxygen atoms in total. The van der Waals surface area contributed by atoms with Gasteiger partial charge in [-0.25, -0.2) is 0 Å². The van der Waals surface area contributed by atoms with Gasteiger partial charge >= 0.3 is 0 Å². The van der Waals surface area contributed by atoms with E-state index in [1.807, 2.05) is 0 Å². The zero-order chi connectivity index (χ0) is 6.69. The number of rotatable bonds is 1. The van der Waals surface area contributed by atoms with Gasteiger partial charge in [0.15, 0.2) is 5.69 Å². The van der Waals surface area contributed by atoms with Gasteiger partial charge < -0.3 is 0 Å². The molecule has 1 aromatic carbocycles. The summed E-state index contributed by atoms with van der Waals surface area (Å²) in [4.78, 5) is 9.56. The fraction of sp³-hybridized carbons (Fsp3) is 0. The van der Waals surface area contributed by atoms with Crippen molar-refractivity contribution in [3.8, 4) is 0 Å². The van der Waals surface area contributed by atoms with Gasteiger partial charge in [0.2, 0.25) is 0 Å². The predicted octanol–water partition coefficient (Wildman–Crippen LogP) is 1.39. The quantitative estimate of drug-likeness (QED) is 0.282. The van der Waals surface area contributed by atoms with E-state index in [0.717, 1.165) is 0 Å². The van der Waals surface area contributed by atoms with Gasteiger partial charge in [-0.3, -0.25) is 10.1 Å². The van der Waals surface area contributed by atoms with Crippen LogP contribution in [-0.4, -0.2) is 4.92 Å². The van der Waals surface area contributed by atoms with Gasteiger partial charge in [0.05, 0.1) is 0 Å². The molecule has 0 aromatic heterocycles. The summed E-state index contributed by atoms with van der Waals surface area (Å²) in [5.41, 5.74) is 0.105. The van der Waals surface area contributed by atoms with Crippen molar-refractivity contribution in [3.05, 3.63) is 40.4 Å². The van der Waals surface area contributed by atoms with E-state index in [0.29, 0.717) is 0 Å². The van der Waals surface area contributed by atoms with E-state index in [1.165, 1.54) is 24.3 Å². The van der Waals surface area contributed by atoms with E-state index in [4.69, 9.17) is 0 Å². The maximum absolute atomic E-state index is 9.99. The largest absolute Gasteiger partial charge is 0.260 e. The summed E-state index contributed by atoms with van der Waals surface area (Å²) in [6.07, 6.45) is 0. The van der Waals surface area contributed by atoms with Crippen molar-refractivity contribution in [2.75, 3.05) is 0 Å². The van der Waals surface area contributed by atoms with Crippen LogP contribution in [0.15, 0.2) is 24.3 Å². The van der Waals surface area contributed by atoms with E-state index in [-0.39, 0.29) is 22.8 Å². The Balaban J connectivity index is 0.000000810. The van der Waals surface area contributed by atoms with Gasteiger partial charge in [-0.1, -0.05) is 12.1 Å². The third-order valence-electron chi connectivity index (χ3n) is 0.911. The molecular formula is C6H4FeNO2-. The average molecular weight is 178 g/mol. The summed E-state index contributed by atoms with van der Waals surface area (Å²) in [6.45, 7) is 0. The molecule has 1 rings (SSSR count). The van der Waals surface area contributed by atoms with Gasteiger partial charge in [0.25, 0.3) is 0 Å². The van der Waals surface area contributed by atoms with Crippen molar-refractivity contribution in [2.45, 2.75) is 0 Å². The Morgan fingerprint density at radius 2 is 1.90 bits per heavy atom. The number of hydrogen-bond donors (Lipinski definition) is 0. The Morgan fingerprint density at radius 3 is 2.20 bits per heavy atom. The summed E-state index contributed by atoms with van der Waals surface area (Å²) in [5.74, 6) is 0. The number of nitrogens with zero attached hydrogens (tertiary/aromatic N) is 1. The van der Waals surface area contributed by atoms with Crippen molar-refractivity contribution in [1.29, 1.82) is 0 Å². The van der Waals surface area contributed by atoms with Crippen LogP contribution in [0.3, 0.4) is 0 Å². The van der Waals surface area contributed by atoms with Crippen LogP contribution < -0.4 is 0 Å². The molecule has 0 radical (unpaired) electrons. The Hall–Kier alpha value is -0.861. The number of benzene rings is 1. The molecule has 0 unspecified atom stereocenters. The number of nitro groups is 1. The fourth-order valence-corrected chi connectivity index (χ4v) is 0.500. The molecule has 0 heterocycles. The van der Waals surface area contributed by atoms with E-state index in [1.54, 1.807) is 0 Å². The molecule has 0 bridgehead atoms. The first-order chi connectivity index (χ1) is 4.30.